The number of rotatable bonds is 3. The molecule has 24 heavy (non-hydrogen) atoms. The minimum absolute atomic E-state index is 0.294. The van der Waals surface area contributed by atoms with Crippen molar-refractivity contribution < 1.29 is 9.90 Å². The summed E-state index contributed by atoms with van der Waals surface area (Å²) in [4.78, 5) is 15.4. The lowest BCUT2D eigenvalue weighted by molar-refractivity contribution is -0.0124. The Hall–Kier alpha value is -1.56. The predicted octanol–water partition coefficient (Wildman–Crippen LogP) is 2.69. The SMILES string of the molecule is CC(C1CCN(C2CC3(CCN(C(=O)O)C3)C2)CC1)n1cccn1. The van der Waals surface area contributed by atoms with E-state index in [1.54, 1.807) is 4.90 Å². The Morgan fingerprint density at radius 2 is 2.04 bits per heavy atom. The average Bonchev–Trinajstić information content (AvgIpc) is 3.22. The van der Waals surface area contributed by atoms with Gasteiger partial charge in [-0.3, -0.25) is 4.68 Å². The molecule has 1 saturated carbocycles. The van der Waals surface area contributed by atoms with Gasteiger partial charge in [0.1, 0.15) is 0 Å². The third-order valence-electron chi connectivity index (χ3n) is 6.76. The van der Waals surface area contributed by atoms with Crippen molar-refractivity contribution >= 4 is 6.09 Å². The Labute approximate surface area is 143 Å². The van der Waals surface area contributed by atoms with E-state index >= 15 is 0 Å². The third-order valence-corrected chi connectivity index (χ3v) is 6.76. The molecule has 3 fully saturated rings. The molecule has 1 aromatic heterocycles. The van der Waals surface area contributed by atoms with E-state index in [4.69, 9.17) is 5.11 Å². The van der Waals surface area contributed by atoms with Crippen LogP contribution in [0.1, 0.15) is 45.1 Å². The minimum Gasteiger partial charge on any atom is -0.465 e. The van der Waals surface area contributed by atoms with Crippen molar-refractivity contribution in [3.8, 4) is 0 Å². The molecule has 1 aliphatic carbocycles. The Balaban J connectivity index is 1.25. The number of carboxylic acid groups (broad SMARTS) is 1. The lowest BCUT2D eigenvalue weighted by Gasteiger charge is -2.52. The maximum absolute atomic E-state index is 11.1. The molecule has 1 atom stereocenters. The van der Waals surface area contributed by atoms with Crippen molar-refractivity contribution in [3.63, 3.8) is 0 Å². The van der Waals surface area contributed by atoms with Crippen LogP contribution >= 0.6 is 0 Å². The van der Waals surface area contributed by atoms with Crippen LogP contribution < -0.4 is 0 Å². The second-order valence-electron chi connectivity index (χ2n) is 8.12. The molecule has 3 heterocycles. The first-order chi connectivity index (χ1) is 11.6. The molecule has 6 nitrogen and oxygen atoms in total. The molecule has 1 amide bonds. The highest BCUT2D eigenvalue weighted by molar-refractivity contribution is 5.65. The molecule has 1 spiro atoms. The van der Waals surface area contributed by atoms with Crippen molar-refractivity contribution in [2.75, 3.05) is 26.2 Å². The van der Waals surface area contributed by atoms with E-state index in [2.05, 4.69) is 27.8 Å². The summed E-state index contributed by atoms with van der Waals surface area (Å²) in [7, 11) is 0. The zero-order valence-corrected chi connectivity index (χ0v) is 14.5. The first-order valence-corrected chi connectivity index (χ1v) is 9.27. The van der Waals surface area contributed by atoms with Crippen LogP contribution in [-0.2, 0) is 0 Å². The van der Waals surface area contributed by atoms with Crippen LogP contribution in [0.3, 0.4) is 0 Å². The number of nitrogens with zero attached hydrogens (tertiary/aromatic N) is 4. The van der Waals surface area contributed by atoms with Gasteiger partial charge in [0, 0.05) is 31.5 Å². The summed E-state index contributed by atoms with van der Waals surface area (Å²) in [6.45, 7) is 6.13. The molecule has 6 heteroatoms. The summed E-state index contributed by atoms with van der Waals surface area (Å²) in [5.74, 6) is 0.712. The van der Waals surface area contributed by atoms with Crippen LogP contribution in [0, 0.1) is 11.3 Å². The monoisotopic (exact) mass is 332 g/mol. The second kappa shape index (κ2) is 6.06. The van der Waals surface area contributed by atoms with Gasteiger partial charge in [0.2, 0.25) is 0 Å². The van der Waals surface area contributed by atoms with Crippen LogP contribution in [0.25, 0.3) is 0 Å². The summed E-state index contributed by atoms with van der Waals surface area (Å²) in [6.07, 6.45) is 9.11. The first kappa shape index (κ1) is 15.9. The molecule has 1 N–H and O–H groups in total. The Morgan fingerprint density at radius 1 is 1.29 bits per heavy atom. The lowest BCUT2D eigenvalue weighted by Crippen LogP contribution is -2.54. The third kappa shape index (κ3) is 2.81. The fourth-order valence-electron chi connectivity index (χ4n) is 5.13. The maximum atomic E-state index is 11.1. The van der Waals surface area contributed by atoms with Crippen LogP contribution in [0.2, 0.25) is 0 Å². The normalized spacial score (nSPS) is 32.9. The Bertz CT molecular complexity index is 574. The number of aromatic nitrogens is 2. The molecule has 1 aromatic rings. The smallest absolute Gasteiger partial charge is 0.407 e. The van der Waals surface area contributed by atoms with Crippen molar-refractivity contribution in [2.24, 2.45) is 11.3 Å². The molecular formula is C18H28N4O2. The van der Waals surface area contributed by atoms with Crippen LogP contribution in [0.5, 0.6) is 0 Å². The van der Waals surface area contributed by atoms with Crippen molar-refractivity contribution in [1.29, 1.82) is 0 Å². The number of likely N-dealkylation sites (tertiary alicyclic amines) is 2. The second-order valence-corrected chi connectivity index (χ2v) is 8.12. The standard InChI is InChI=1S/C18H28N4O2/c1-14(22-7-2-6-19-22)15-3-8-20(9-4-15)16-11-18(12-16)5-10-21(13-18)17(23)24/h2,6-7,14-16H,3-5,8-13H2,1H3,(H,23,24). The van der Waals surface area contributed by atoms with Crippen molar-refractivity contribution in [3.05, 3.63) is 18.5 Å². The predicted molar refractivity (Wildman–Crippen MR) is 90.9 cm³/mol. The van der Waals surface area contributed by atoms with Gasteiger partial charge in [-0.1, -0.05) is 0 Å². The van der Waals surface area contributed by atoms with E-state index in [1.807, 2.05) is 12.3 Å². The number of amides is 1. The van der Waals surface area contributed by atoms with E-state index in [0.717, 1.165) is 19.5 Å². The van der Waals surface area contributed by atoms with E-state index in [9.17, 15) is 4.79 Å². The highest BCUT2D eigenvalue weighted by atomic mass is 16.4. The van der Waals surface area contributed by atoms with Gasteiger partial charge in [-0.15, -0.1) is 0 Å². The maximum Gasteiger partial charge on any atom is 0.407 e. The highest BCUT2D eigenvalue weighted by Crippen LogP contribution is 2.50. The zero-order chi connectivity index (χ0) is 16.7. The summed E-state index contributed by atoms with van der Waals surface area (Å²) < 4.78 is 2.09. The number of hydrogen-bond acceptors (Lipinski definition) is 3. The topological polar surface area (TPSA) is 61.6 Å². The van der Waals surface area contributed by atoms with Gasteiger partial charge in [-0.2, -0.15) is 5.10 Å². The molecular weight excluding hydrogens is 304 g/mol. The molecule has 132 valence electrons. The van der Waals surface area contributed by atoms with E-state index in [0.29, 0.717) is 23.4 Å². The average molecular weight is 332 g/mol. The van der Waals surface area contributed by atoms with Gasteiger partial charge in [-0.05, 0) is 69.5 Å². The molecule has 1 unspecified atom stereocenters. The van der Waals surface area contributed by atoms with Crippen LogP contribution in [-0.4, -0.2) is 63.0 Å². The Morgan fingerprint density at radius 3 is 2.62 bits per heavy atom. The van der Waals surface area contributed by atoms with Gasteiger partial charge < -0.3 is 14.9 Å². The number of piperidine rings is 1. The van der Waals surface area contributed by atoms with Crippen molar-refractivity contribution in [1.82, 2.24) is 19.6 Å². The molecule has 0 bridgehead atoms. The molecule has 3 aliphatic rings. The van der Waals surface area contributed by atoms with Gasteiger partial charge >= 0.3 is 6.09 Å². The summed E-state index contributed by atoms with van der Waals surface area (Å²) >= 11 is 0. The first-order valence-electron chi connectivity index (χ1n) is 9.27. The van der Waals surface area contributed by atoms with E-state index < -0.39 is 6.09 Å². The van der Waals surface area contributed by atoms with E-state index in [-0.39, 0.29) is 0 Å². The van der Waals surface area contributed by atoms with Crippen LogP contribution in [0.15, 0.2) is 18.5 Å². The largest absolute Gasteiger partial charge is 0.465 e. The molecule has 2 aliphatic heterocycles. The summed E-state index contributed by atoms with van der Waals surface area (Å²) in [5.41, 5.74) is 0.294. The van der Waals surface area contributed by atoms with Gasteiger partial charge in [0.25, 0.3) is 0 Å². The molecule has 0 aromatic carbocycles. The summed E-state index contributed by atoms with van der Waals surface area (Å²) in [6, 6.07) is 3.16. The number of carbonyl (C=O) groups is 1. The number of hydrogen-bond donors (Lipinski definition) is 1. The Kier molecular flexibility index (Phi) is 4.03. The van der Waals surface area contributed by atoms with Gasteiger partial charge in [-0.25, -0.2) is 4.79 Å². The quantitative estimate of drug-likeness (QED) is 0.924. The van der Waals surface area contributed by atoms with Crippen LogP contribution in [0.4, 0.5) is 4.79 Å². The van der Waals surface area contributed by atoms with E-state index in [1.165, 1.54) is 38.8 Å². The molecule has 2 saturated heterocycles. The zero-order valence-electron chi connectivity index (χ0n) is 14.5. The minimum atomic E-state index is -0.747. The fraction of sp³-hybridized carbons (Fsp3) is 0.778. The summed E-state index contributed by atoms with van der Waals surface area (Å²) in [5, 5.41) is 13.5. The van der Waals surface area contributed by atoms with Gasteiger partial charge in [0.05, 0.1) is 6.04 Å². The van der Waals surface area contributed by atoms with Gasteiger partial charge in [0.15, 0.2) is 0 Å². The van der Waals surface area contributed by atoms with Crippen molar-refractivity contribution in [2.45, 2.75) is 51.1 Å². The molecule has 4 rings (SSSR count). The molecule has 0 radical (unpaired) electrons. The lowest BCUT2D eigenvalue weighted by atomic mass is 9.64. The highest BCUT2D eigenvalue weighted by Gasteiger charge is 2.51. The fourth-order valence-corrected chi connectivity index (χ4v) is 5.13.